The van der Waals surface area contributed by atoms with Gasteiger partial charge >= 0.3 is 0 Å². The van der Waals surface area contributed by atoms with Crippen LogP contribution in [0.25, 0.3) is 0 Å². The SMILES string of the molecule is Cc1cnn(Cc2ccccc2)c1O. The van der Waals surface area contributed by atoms with Gasteiger partial charge in [0.25, 0.3) is 0 Å². The summed E-state index contributed by atoms with van der Waals surface area (Å²) in [5.74, 6) is 0.244. The number of hydrogen-bond donors (Lipinski definition) is 1. The highest BCUT2D eigenvalue weighted by atomic mass is 16.3. The number of hydrogen-bond acceptors (Lipinski definition) is 2. The Morgan fingerprint density at radius 1 is 1.29 bits per heavy atom. The second-order valence-electron chi connectivity index (χ2n) is 3.29. The molecule has 0 spiro atoms. The lowest BCUT2D eigenvalue weighted by Gasteiger charge is -2.02. The molecule has 2 aromatic rings. The Balaban J connectivity index is 2.23. The lowest BCUT2D eigenvalue weighted by molar-refractivity contribution is 0.406. The first-order valence-corrected chi connectivity index (χ1v) is 4.52. The Morgan fingerprint density at radius 3 is 2.57 bits per heavy atom. The molecule has 1 aromatic carbocycles. The van der Waals surface area contributed by atoms with Crippen molar-refractivity contribution in [1.82, 2.24) is 9.78 Å². The monoisotopic (exact) mass is 188 g/mol. The molecule has 0 saturated carbocycles. The van der Waals surface area contributed by atoms with Gasteiger partial charge in [0.15, 0.2) is 0 Å². The highest BCUT2D eigenvalue weighted by Crippen LogP contribution is 2.15. The molecule has 0 aliphatic rings. The first kappa shape index (κ1) is 8.81. The third kappa shape index (κ3) is 1.62. The Kier molecular flexibility index (Phi) is 2.23. The number of rotatable bonds is 2. The van der Waals surface area contributed by atoms with Gasteiger partial charge < -0.3 is 5.11 Å². The normalized spacial score (nSPS) is 10.4. The predicted molar refractivity (Wildman–Crippen MR) is 54.2 cm³/mol. The Bertz CT molecular complexity index is 420. The molecule has 72 valence electrons. The Labute approximate surface area is 82.6 Å². The average Bonchev–Trinajstić information content (AvgIpc) is 2.52. The highest BCUT2D eigenvalue weighted by Gasteiger charge is 2.04. The lowest BCUT2D eigenvalue weighted by atomic mass is 10.2. The highest BCUT2D eigenvalue weighted by molar-refractivity contribution is 5.22. The number of aryl methyl sites for hydroxylation is 1. The van der Waals surface area contributed by atoms with E-state index in [9.17, 15) is 5.11 Å². The number of benzene rings is 1. The van der Waals surface area contributed by atoms with Crippen molar-refractivity contribution < 1.29 is 5.11 Å². The van der Waals surface area contributed by atoms with Crippen molar-refractivity contribution in [1.29, 1.82) is 0 Å². The summed E-state index contributed by atoms with van der Waals surface area (Å²) in [6.07, 6.45) is 1.66. The van der Waals surface area contributed by atoms with Crippen LogP contribution < -0.4 is 0 Å². The zero-order valence-electron chi connectivity index (χ0n) is 8.01. The molecule has 14 heavy (non-hydrogen) atoms. The summed E-state index contributed by atoms with van der Waals surface area (Å²) in [6.45, 7) is 2.45. The van der Waals surface area contributed by atoms with Crippen LogP contribution in [0.2, 0.25) is 0 Å². The summed E-state index contributed by atoms with van der Waals surface area (Å²) in [4.78, 5) is 0. The summed E-state index contributed by atoms with van der Waals surface area (Å²) in [5.41, 5.74) is 1.94. The third-order valence-electron chi connectivity index (χ3n) is 2.16. The quantitative estimate of drug-likeness (QED) is 0.782. The van der Waals surface area contributed by atoms with Gasteiger partial charge in [-0.3, -0.25) is 0 Å². The van der Waals surface area contributed by atoms with Crippen LogP contribution in [-0.2, 0) is 6.54 Å². The van der Waals surface area contributed by atoms with Crippen molar-refractivity contribution in [3.8, 4) is 5.88 Å². The molecule has 1 heterocycles. The second kappa shape index (κ2) is 3.54. The number of aromatic nitrogens is 2. The van der Waals surface area contributed by atoms with Gasteiger partial charge in [-0.25, -0.2) is 4.68 Å². The van der Waals surface area contributed by atoms with Crippen LogP contribution >= 0.6 is 0 Å². The maximum Gasteiger partial charge on any atom is 0.212 e. The third-order valence-corrected chi connectivity index (χ3v) is 2.16. The van der Waals surface area contributed by atoms with Gasteiger partial charge in [-0.15, -0.1) is 0 Å². The van der Waals surface area contributed by atoms with Gasteiger partial charge in [0.2, 0.25) is 5.88 Å². The van der Waals surface area contributed by atoms with Gasteiger partial charge in [-0.2, -0.15) is 5.10 Å². The van der Waals surface area contributed by atoms with Gasteiger partial charge in [-0.05, 0) is 12.5 Å². The number of nitrogens with zero attached hydrogens (tertiary/aromatic N) is 2. The Hall–Kier alpha value is -1.77. The van der Waals surface area contributed by atoms with Gasteiger partial charge in [0, 0.05) is 5.56 Å². The van der Waals surface area contributed by atoms with E-state index >= 15 is 0 Å². The van der Waals surface area contributed by atoms with Crippen molar-refractivity contribution in [3.63, 3.8) is 0 Å². The lowest BCUT2D eigenvalue weighted by Crippen LogP contribution is -2.00. The molecule has 2 rings (SSSR count). The van der Waals surface area contributed by atoms with E-state index in [1.807, 2.05) is 37.3 Å². The van der Waals surface area contributed by atoms with E-state index in [0.717, 1.165) is 11.1 Å². The van der Waals surface area contributed by atoms with Crippen LogP contribution in [0.4, 0.5) is 0 Å². The molecule has 0 saturated heterocycles. The molecular formula is C11H12N2O. The molecule has 0 aliphatic heterocycles. The molecule has 0 fully saturated rings. The van der Waals surface area contributed by atoms with Crippen molar-refractivity contribution in [2.24, 2.45) is 0 Å². The average molecular weight is 188 g/mol. The van der Waals surface area contributed by atoms with Crippen molar-refractivity contribution in [3.05, 3.63) is 47.7 Å². The summed E-state index contributed by atoms with van der Waals surface area (Å²) in [6, 6.07) is 9.94. The fourth-order valence-electron chi connectivity index (χ4n) is 1.34. The van der Waals surface area contributed by atoms with Crippen LogP contribution in [0, 0.1) is 6.92 Å². The fourth-order valence-corrected chi connectivity index (χ4v) is 1.34. The van der Waals surface area contributed by atoms with Gasteiger partial charge in [-0.1, -0.05) is 30.3 Å². The van der Waals surface area contributed by atoms with E-state index < -0.39 is 0 Å². The molecule has 1 aromatic heterocycles. The molecule has 0 aliphatic carbocycles. The van der Waals surface area contributed by atoms with Gasteiger partial charge in [0.05, 0.1) is 12.7 Å². The molecule has 0 amide bonds. The standard InChI is InChI=1S/C11H12N2O/c1-9-7-12-13(11(9)14)8-10-5-3-2-4-6-10/h2-7,14H,8H2,1H3. The van der Waals surface area contributed by atoms with E-state index in [1.54, 1.807) is 10.9 Å². The first-order chi connectivity index (χ1) is 6.77. The summed E-state index contributed by atoms with van der Waals surface area (Å²) in [5, 5.41) is 13.7. The largest absolute Gasteiger partial charge is 0.493 e. The molecule has 1 N–H and O–H groups in total. The number of aromatic hydroxyl groups is 1. The molecule has 0 radical (unpaired) electrons. The van der Waals surface area contributed by atoms with Crippen molar-refractivity contribution >= 4 is 0 Å². The van der Waals surface area contributed by atoms with E-state index in [2.05, 4.69) is 5.10 Å². The van der Waals surface area contributed by atoms with E-state index in [1.165, 1.54) is 0 Å². The van der Waals surface area contributed by atoms with Crippen LogP contribution in [-0.4, -0.2) is 14.9 Å². The van der Waals surface area contributed by atoms with Crippen LogP contribution in [0.15, 0.2) is 36.5 Å². The van der Waals surface area contributed by atoms with E-state index in [0.29, 0.717) is 6.54 Å². The van der Waals surface area contributed by atoms with Crippen LogP contribution in [0.3, 0.4) is 0 Å². The summed E-state index contributed by atoms with van der Waals surface area (Å²) >= 11 is 0. The zero-order chi connectivity index (χ0) is 9.97. The Morgan fingerprint density at radius 2 is 2.00 bits per heavy atom. The van der Waals surface area contributed by atoms with Crippen molar-refractivity contribution in [2.45, 2.75) is 13.5 Å². The minimum absolute atomic E-state index is 0.244. The smallest absolute Gasteiger partial charge is 0.212 e. The summed E-state index contributed by atoms with van der Waals surface area (Å²) in [7, 11) is 0. The molecular weight excluding hydrogens is 176 g/mol. The minimum Gasteiger partial charge on any atom is -0.493 e. The minimum atomic E-state index is 0.244. The predicted octanol–water partition coefficient (Wildman–Crippen LogP) is 1.95. The van der Waals surface area contributed by atoms with Crippen LogP contribution in [0.1, 0.15) is 11.1 Å². The summed E-state index contributed by atoms with van der Waals surface area (Å²) < 4.78 is 1.59. The zero-order valence-corrected chi connectivity index (χ0v) is 8.01. The van der Waals surface area contributed by atoms with Crippen LogP contribution in [0.5, 0.6) is 5.88 Å². The maximum absolute atomic E-state index is 9.60. The second-order valence-corrected chi connectivity index (χ2v) is 3.29. The molecule has 3 nitrogen and oxygen atoms in total. The maximum atomic E-state index is 9.60. The molecule has 0 atom stereocenters. The first-order valence-electron chi connectivity index (χ1n) is 4.52. The fraction of sp³-hybridized carbons (Fsp3) is 0.182. The van der Waals surface area contributed by atoms with Crippen molar-refractivity contribution in [2.75, 3.05) is 0 Å². The van der Waals surface area contributed by atoms with E-state index in [-0.39, 0.29) is 5.88 Å². The topological polar surface area (TPSA) is 38.0 Å². The molecule has 0 unspecified atom stereocenters. The van der Waals surface area contributed by atoms with Gasteiger partial charge in [0.1, 0.15) is 0 Å². The molecule has 3 heteroatoms. The van der Waals surface area contributed by atoms with E-state index in [4.69, 9.17) is 0 Å². The molecule has 0 bridgehead atoms.